The van der Waals surface area contributed by atoms with Gasteiger partial charge >= 0.3 is 6.47 Å². The SMILES string of the molecule is CC(C)(C)OC=O.CNC1CCCC1.N/C(=N\OC=O)C(O)c1ccccc1. The van der Waals surface area contributed by atoms with E-state index in [1.54, 1.807) is 24.3 Å². The van der Waals surface area contributed by atoms with Crippen molar-refractivity contribution in [2.75, 3.05) is 7.05 Å². The van der Waals surface area contributed by atoms with E-state index in [1.165, 1.54) is 25.7 Å². The van der Waals surface area contributed by atoms with E-state index in [-0.39, 0.29) is 17.9 Å². The first-order valence-electron chi connectivity index (χ1n) is 9.19. The second kappa shape index (κ2) is 14.6. The van der Waals surface area contributed by atoms with Gasteiger partial charge in [-0.3, -0.25) is 9.59 Å². The number of nitrogens with one attached hydrogen (secondary N) is 1. The third kappa shape index (κ3) is 12.8. The molecule has 4 N–H and O–H groups in total. The molecule has 0 saturated heterocycles. The molecule has 0 radical (unpaired) electrons. The molecule has 0 spiro atoms. The van der Waals surface area contributed by atoms with Gasteiger partial charge in [0.05, 0.1) is 0 Å². The monoisotopic (exact) mass is 395 g/mol. The van der Waals surface area contributed by atoms with Crippen molar-refractivity contribution in [1.29, 1.82) is 0 Å². The highest BCUT2D eigenvalue weighted by molar-refractivity contribution is 5.85. The Morgan fingerprint density at radius 2 is 1.79 bits per heavy atom. The zero-order chi connectivity index (χ0) is 21.4. The summed E-state index contributed by atoms with van der Waals surface area (Å²) in [4.78, 5) is 23.5. The van der Waals surface area contributed by atoms with Crippen LogP contribution in [0.5, 0.6) is 0 Å². The Morgan fingerprint density at radius 3 is 2.14 bits per heavy atom. The zero-order valence-electron chi connectivity index (χ0n) is 17.1. The largest absolute Gasteiger partial charge is 0.462 e. The van der Waals surface area contributed by atoms with Gasteiger partial charge in [-0.1, -0.05) is 48.3 Å². The number of aliphatic hydroxyl groups is 1. The van der Waals surface area contributed by atoms with Crippen LogP contribution in [0.15, 0.2) is 35.5 Å². The number of hydrogen-bond acceptors (Lipinski definition) is 7. The quantitative estimate of drug-likeness (QED) is 0.222. The minimum absolute atomic E-state index is 0.130. The smallest absolute Gasteiger partial charge is 0.323 e. The summed E-state index contributed by atoms with van der Waals surface area (Å²) in [5.74, 6) is -0.164. The Balaban J connectivity index is 0.000000437. The van der Waals surface area contributed by atoms with E-state index in [0.717, 1.165) is 6.04 Å². The number of benzene rings is 1. The van der Waals surface area contributed by atoms with Gasteiger partial charge in [-0.15, -0.1) is 0 Å². The van der Waals surface area contributed by atoms with Gasteiger partial charge in [0, 0.05) is 6.04 Å². The van der Waals surface area contributed by atoms with E-state index in [2.05, 4.69) is 27.1 Å². The van der Waals surface area contributed by atoms with Crippen LogP contribution in [0.1, 0.15) is 58.1 Å². The van der Waals surface area contributed by atoms with Crippen molar-refractivity contribution < 1.29 is 24.3 Å². The van der Waals surface area contributed by atoms with Crippen molar-refractivity contribution in [3.05, 3.63) is 35.9 Å². The van der Waals surface area contributed by atoms with Gasteiger partial charge in [-0.05, 0) is 46.2 Å². The Hall–Kier alpha value is -2.45. The van der Waals surface area contributed by atoms with Crippen LogP contribution in [0.2, 0.25) is 0 Å². The summed E-state index contributed by atoms with van der Waals surface area (Å²) >= 11 is 0. The van der Waals surface area contributed by atoms with Crippen molar-refractivity contribution in [2.45, 2.75) is 64.2 Å². The summed E-state index contributed by atoms with van der Waals surface area (Å²) in [5, 5.41) is 16.0. The van der Waals surface area contributed by atoms with E-state index >= 15 is 0 Å². The summed E-state index contributed by atoms with van der Waals surface area (Å²) < 4.78 is 4.55. The van der Waals surface area contributed by atoms with Crippen molar-refractivity contribution in [3.8, 4) is 0 Å². The predicted molar refractivity (Wildman–Crippen MR) is 108 cm³/mol. The van der Waals surface area contributed by atoms with Gasteiger partial charge in [0.2, 0.25) is 0 Å². The average molecular weight is 396 g/mol. The molecule has 1 aliphatic rings. The number of oxime groups is 1. The molecule has 1 unspecified atom stereocenters. The maximum Gasteiger partial charge on any atom is 0.323 e. The minimum Gasteiger partial charge on any atom is -0.462 e. The first-order chi connectivity index (χ1) is 13.2. The fourth-order valence-electron chi connectivity index (χ4n) is 2.30. The standard InChI is InChI=1S/C9H10N2O3.C6H13N.C5H10O2/c10-9(11-14-6-12)8(13)7-4-2-1-3-5-7;1-7-6-4-2-3-5-6;1-5(2,3)7-4-6/h1-6,8,13H,(H2,10,11);6-7H,2-5H2,1H3;4H,1-3H3. The number of carbonyl (C=O) groups is 2. The topological polar surface area (TPSA) is 123 Å². The number of amidine groups is 1. The van der Waals surface area contributed by atoms with Crippen LogP contribution < -0.4 is 11.1 Å². The molecule has 1 saturated carbocycles. The van der Waals surface area contributed by atoms with Crippen LogP contribution in [-0.4, -0.2) is 42.6 Å². The summed E-state index contributed by atoms with van der Waals surface area (Å²) in [5.41, 5.74) is 5.62. The van der Waals surface area contributed by atoms with Gasteiger partial charge < -0.3 is 25.7 Å². The highest BCUT2D eigenvalue weighted by Crippen LogP contribution is 2.16. The third-order valence-electron chi connectivity index (χ3n) is 3.76. The molecule has 0 bridgehead atoms. The van der Waals surface area contributed by atoms with E-state index in [1.807, 2.05) is 26.8 Å². The van der Waals surface area contributed by atoms with E-state index < -0.39 is 6.10 Å². The Bertz CT molecular complexity index is 567. The van der Waals surface area contributed by atoms with Gasteiger partial charge in [0.1, 0.15) is 11.7 Å². The number of carbonyl (C=O) groups excluding carboxylic acids is 2. The predicted octanol–water partition coefficient (Wildman–Crippen LogP) is 2.27. The average Bonchev–Trinajstić information content (AvgIpc) is 3.20. The fraction of sp³-hybridized carbons (Fsp3) is 0.550. The third-order valence-corrected chi connectivity index (χ3v) is 3.76. The molecular weight excluding hydrogens is 362 g/mol. The van der Waals surface area contributed by atoms with Crippen LogP contribution >= 0.6 is 0 Å². The van der Waals surface area contributed by atoms with Crippen LogP contribution in [0, 0.1) is 0 Å². The van der Waals surface area contributed by atoms with Gasteiger partial charge in [0.25, 0.3) is 6.47 Å². The number of aliphatic hydroxyl groups excluding tert-OH is 1. The highest BCUT2D eigenvalue weighted by Gasteiger charge is 2.12. The molecule has 0 aromatic heterocycles. The van der Waals surface area contributed by atoms with Gasteiger partial charge in [-0.25, -0.2) is 0 Å². The van der Waals surface area contributed by atoms with Crippen molar-refractivity contribution >= 4 is 18.8 Å². The highest BCUT2D eigenvalue weighted by atomic mass is 16.7. The number of hydrogen-bond donors (Lipinski definition) is 3. The van der Waals surface area contributed by atoms with Gasteiger partial charge in [0.15, 0.2) is 5.84 Å². The van der Waals surface area contributed by atoms with Gasteiger partial charge in [-0.2, -0.15) is 0 Å². The van der Waals surface area contributed by atoms with Crippen molar-refractivity contribution in [3.63, 3.8) is 0 Å². The van der Waals surface area contributed by atoms with E-state index in [4.69, 9.17) is 5.73 Å². The number of ether oxygens (including phenoxy) is 1. The molecule has 1 aromatic rings. The lowest BCUT2D eigenvalue weighted by Gasteiger charge is -2.14. The zero-order valence-corrected chi connectivity index (χ0v) is 17.1. The first-order valence-corrected chi connectivity index (χ1v) is 9.19. The number of rotatable bonds is 6. The van der Waals surface area contributed by atoms with E-state index in [9.17, 15) is 14.7 Å². The molecule has 0 aliphatic heterocycles. The Morgan fingerprint density at radius 1 is 1.21 bits per heavy atom. The molecule has 0 amide bonds. The molecule has 2 rings (SSSR count). The normalized spacial score (nSPS) is 15.2. The molecule has 158 valence electrons. The molecular formula is C20H33N3O5. The second-order valence-electron chi connectivity index (χ2n) is 7.13. The van der Waals surface area contributed by atoms with Crippen molar-refractivity contribution in [1.82, 2.24) is 5.32 Å². The first kappa shape index (κ1) is 25.6. The maximum atomic E-state index is 9.80. The second-order valence-corrected chi connectivity index (χ2v) is 7.13. The molecule has 1 fully saturated rings. The number of nitrogens with two attached hydrogens (primary N) is 1. The molecule has 0 heterocycles. The molecule has 28 heavy (non-hydrogen) atoms. The Labute approximate surface area is 167 Å². The van der Waals surface area contributed by atoms with Crippen LogP contribution in [0.4, 0.5) is 0 Å². The fourth-order valence-corrected chi connectivity index (χ4v) is 2.30. The van der Waals surface area contributed by atoms with Crippen LogP contribution in [0.25, 0.3) is 0 Å². The van der Waals surface area contributed by atoms with Crippen molar-refractivity contribution in [2.24, 2.45) is 10.9 Å². The lowest BCUT2D eigenvalue weighted by molar-refractivity contribution is -0.138. The lowest BCUT2D eigenvalue weighted by atomic mass is 10.1. The molecule has 8 heteroatoms. The summed E-state index contributed by atoms with van der Waals surface area (Å²) in [6.45, 7) is 6.05. The number of nitrogens with zero attached hydrogens (tertiary/aromatic N) is 1. The maximum absolute atomic E-state index is 9.80. The summed E-state index contributed by atoms with van der Waals surface area (Å²) in [6, 6.07) is 9.55. The Kier molecular flexibility index (Phi) is 13.3. The lowest BCUT2D eigenvalue weighted by Crippen LogP contribution is -2.21. The van der Waals surface area contributed by atoms with E-state index in [0.29, 0.717) is 12.0 Å². The summed E-state index contributed by atoms with van der Waals surface area (Å²) in [7, 11) is 2.05. The van der Waals surface area contributed by atoms with Crippen LogP contribution in [0.3, 0.4) is 0 Å². The molecule has 8 nitrogen and oxygen atoms in total. The molecule has 1 atom stereocenters. The molecule has 1 aliphatic carbocycles. The van der Waals surface area contributed by atoms with Crippen LogP contribution in [-0.2, 0) is 19.2 Å². The summed E-state index contributed by atoms with van der Waals surface area (Å²) in [6.07, 6.45) is 4.61. The molecule has 1 aromatic carbocycles. The minimum atomic E-state index is -1.06.